The second-order valence-corrected chi connectivity index (χ2v) is 8.90. The van der Waals surface area contributed by atoms with Crippen LogP contribution in [0.1, 0.15) is 41.5 Å². The first-order valence-electron chi connectivity index (χ1n) is 9.28. The van der Waals surface area contributed by atoms with Crippen LogP contribution in [0.15, 0.2) is 18.5 Å². The van der Waals surface area contributed by atoms with Crippen LogP contribution in [0.3, 0.4) is 0 Å². The fourth-order valence-corrected chi connectivity index (χ4v) is 2.38. The molecule has 0 spiro atoms. The Morgan fingerprint density at radius 3 is 2.00 bits per heavy atom. The van der Waals surface area contributed by atoms with E-state index in [9.17, 15) is 18.4 Å². The van der Waals surface area contributed by atoms with Gasteiger partial charge in [0.2, 0.25) is 5.88 Å². The zero-order valence-electron chi connectivity index (χ0n) is 18.3. The van der Waals surface area contributed by atoms with E-state index < -0.39 is 63.2 Å². The van der Waals surface area contributed by atoms with E-state index >= 15 is 0 Å². The molecule has 2 amide bonds. The predicted octanol–water partition coefficient (Wildman–Crippen LogP) is 5.46. The first-order chi connectivity index (χ1) is 14.6. The van der Waals surface area contributed by atoms with Crippen LogP contribution in [-0.2, 0) is 9.47 Å². The van der Waals surface area contributed by atoms with Gasteiger partial charge in [-0.1, -0.05) is 11.6 Å². The van der Waals surface area contributed by atoms with Gasteiger partial charge in [0.25, 0.3) is 0 Å². The number of ether oxygens (including phenoxy) is 3. The Balaban J connectivity index is 2.51. The summed E-state index contributed by atoms with van der Waals surface area (Å²) in [6.45, 7) is 9.54. The summed E-state index contributed by atoms with van der Waals surface area (Å²) in [5.74, 6) is -3.41. The highest BCUT2D eigenvalue weighted by Gasteiger charge is 2.36. The number of benzene rings is 1. The normalized spacial score (nSPS) is 11.7. The van der Waals surface area contributed by atoms with Gasteiger partial charge in [-0.2, -0.15) is 9.88 Å². The molecule has 0 aliphatic heterocycles. The number of imide groups is 1. The highest BCUT2D eigenvalue weighted by Crippen LogP contribution is 2.36. The number of aromatic nitrogens is 2. The molecule has 0 aliphatic rings. The molecule has 0 bridgehead atoms. The van der Waals surface area contributed by atoms with Gasteiger partial charge < -0.3 is 19.9 Å². The molecular formula is C20H23ClF2N4O5. The maximum atomic E-state index is 14.1. The number of amides is 2. The first kappa shape index (κ1) is 25.1. The summed E-state index contributed by atoms with van der Waals surface area (Å²) in [4.78, 5) is 33.6. The second kappa shape index (κ2) is 9.11. The Morgan fingerprint density at radius 2 is 1.50 bits per heavy atom. The molecule has 0 saturated carbocycles. The van der Waals surface area contributed by atoms with Crippen molar-refractivity contribution in [3.63, 3.8) is 0 Å². The van der Waals surface area contributed by atoms with Gasteiger partial charge in [-0.3, -0.25) is 0 Å². The van der Waals surface area contributed by atoms with E-state index in [0.29, 0.717) is 17.0 Å². The fourth-order valence-electron chi connectivity index (χ4n) is 2.16. The highest BCUT2D eigenvalue weighted by molar-refractivity contribution is 6.35. The van der Waals surface area contributed by atoms with E-state index in [-0.39, 0.29) is 0 Å². The number of carbonyl (C=O) groups is 2. The van der Waals surface area contributed by atoms with E-state index in [1.165, 1.54) is 0 Å². The second-order valence-electron chi connectivity index (χ2n) is 8.52. The molecule has 0 atom stereocenters. The number of anilines is 2. The van der Waals surface area contributed by atoms with Gasteiger partial charge in [-0.15, -0.1) is 0 Å². The summed E-state index contributed by atoms with van der Waals surface area (Å²) in [6, 6.07) is 1.41. The van der Waals surface area contributed by atoms with Crippen molar-refractivity contribution in [2.45, 2.75) is 52.7 Å². The largest absolute Gasteiger partial charge is 0.443 e. The van der Waals surface area contributed by atoms with Crippen molar-refractivity contribution >= 4 is 35.3 Å². The van der Waals surface area contributed by atoms with Crippen LogP contribution in [0.4, 0.5) is 29.9 Å². The van der Waals surface area contributed by atoms with Crippen molar-refractivity contribution in [3.05, 3.63) is 35.1 Å². The summed E-state index contributed by atoms with van der Waals surface area (Å²) in [6.07, 6.45) is -1.37. The zero-order chi connectivity index (χ0) is 24.4. The maximum absolute atomic E-state index is 14.1. The minimum atomic E-state index is -1.14. The third-order valence-corrected chi connectivity index (χ3v) is 3.69. The van der Waals surface area contributed by atoms with Crippen molar-refractivity contribution in [1.82, 2.24) is 9.97 Å². The quantitative estimate of drug-likeness (QED) is 0.585. The minimum Gasteiger partial charge on any atom is -0.443 e. The monoisotopic (exact) mass is 472 g/mol. The number of carbonyl (C=O) groups excluding carboxylic acids is 2. The standard InChI is InChI=1S/C20H23ClF2N4O5/c1-19(2,3)31-17(28)27(18(29)32-20(4,5)6)15-14(21)16(26-9-25-15)30-13-8-10(22)12(24)7-11(13)23/h7-9H,24H2,1-6H3. The van der Waals surface area contributed by atoms with Crippen LogP contribution in [-0.4, -0.2) is 33.4 Å². The molecule has 1 aromatic heterocycles. The summed E-state index contributed by atoms with van der Waals surface area (Å²) in [5, 5.41) is -0.458. The van der Waals surface area contributed by atoms with Crippen LogP contribution in [0.25, 0.3) is 0 Å². The van der Waals surface area contributed by atoms with E-state index in [1.54, 1.807) is 41.5 Å². The van der Waals surface area contributed by atoms with E-state index in [4.69, 9.17) is 31.5 Å². The topological polar surface area (TPSA) is 117 Å². The number of hydrogen-bond donors (Lipinski definition) is 1. The van der Waals surface area contributed by atoms with Gasteiger partial charge in [0, 0.05) is 12.1 Å². The molecule has 174 valence electrons. The van der Waals surface area contributed by atoms with Gasteiger partial charge in [0.1, 0.15) is 28.4 Å². The Hall–Kier alpha value is -3.21. The minimum absolute atomic E-state index is 0.426. The molecule has 32 heavy (non-hydrogen) atoms. The van der Waals surface area contributed by atoms with Crippen LogP contribution in [0.5, 0.6) is 11.6 Å². The Morgan fingerprint density at radius 1 is 0.969 bits per heavy atom. The van der Waals surface area contributed by atoms with E-state index in [2.05, 4.69) is 9.97 Å². The van der Waals surface area contributed by atoms with Gasteiger partial charge in [0.05, 0.1) is 5.69 Å². The number of halogens is 3. The Kier molecular flexibility index (Phi) is 7.13. The molecule has 2 aromatic rings. The van der Waals surface area contributed by atoms with Gasteiger partial charge >= 0.3 is 12.2 Å². The first-order valence-corrected chi connectivity index (χ1v) is 9.66. The highest BCUT2D eigenvalue weighted by atomic mass is 35.5. The average molecular weight is 473 g/mol. The lowest BCUT2D eigenvalue weighted by Crippen LogP contribution is -2.44. The third-order valence-electron chi connectivity index (χ3n) is 3.36. The lowest BCUT2D eigenvalue weighted by atomic mass is 10.2. The average Bonchev–Trinajstić information content (AvgIpc) is 2.59. The van der Waals surface area contributed by atoms with Crippen LogP contribution in [0.2, 0.25) is 5.02 Å². The van der Waals surface area contributed by atoms with Crippen molar-refractivity contribution in [2.75, 3.05) is 10.6 Å². The van der Waals surface area contributed by atoms with E-state index in [1.807, 2.05) is 0 Å². The molecule has 12 heteroatoms. The Bertz CT molecular complexity index is 1010. The molecule has 9 nitrogen and oxygen atoms in total. The van der Waals surface area contributed by atoms with Crippen molar-refractivity contribution in [3.8, 4) is 11.6 Å². The molecule has 1 aromatic carbocycles. The molecule has 0 aliphatic carbocycles. The van der Waals surface area contributed by atoms with Crippen LogP contribution >= 0.6 is 11.6 Å². The molecule has 2 N–H and O–H groups in total. The molecule has 0 saturated heterocycles. The summed E-state index contributed by atoms with van der Waals surface area (Å²) in [5.41, 5.74) is 2.94. The lowest BCUT2D eigenvalue weighted by molar-refractivity contribution is 0.0429. The number of hydrogen-bond acceptors (Lipinski definition) is 8. The molecular weight excluding hydrogens is 450 g/mol. The van der Waals surface area contributed by atoms with Crippen molar-refractivity contribution in [1.29, 1.82) is 0 Å². The van der Waals surface area contributed by atoms with E-state index in [0.717, 1.165) is 6.33 Å². The molecule has 0 unspecified atom stereocenters. The molecule has 1 heterocycles. The molecule has 0 fully saturated rings. The number of rotatable bonds is 3. The van der Waals surface area contributed by atoms with Gasteiger partial charge in [-0.05, 0) is 41.5 Å². The smallest absolute Gasteiger partial charge is 0.425 e. The van der Waals surface area contributed by atoms with Crippen LogP contribution < -0.4 is 15.4 Å². The number of nitrogen functional groups attached to an aromatic ring is 1. The van der Waals surface area contributed by atoms with Gasteiger partial charge in [-0.25, -0.2) is 23.4 Å². The molecule has 2 rings (SSSR count). The Labute approximate surface area is 188 Å². The van der Waals surface area contributed by atoms with Crippen molar-refractivity contribution < 1.29 is 32.6 Å². The lowest BCUT2D eigenvalue weighted by Gasteiger charge is -2.28. The molecule has 0 radical (unpaired) electrons. The summed E-state index contributed by atoms with van der Waals surface area (Å²) >= 11 is 6.26. The third kappa shape index (κ3) is 6.39. The SMILES string of the molecule is CC(C)(C)OC(=O)N(C(=O)OC(C)(C)C)c1ncnc(Oc2cc(F)c(N)cc2F)c1Cl. The summed E-state index contributed by atoms with van der Waals surface area (Å²) in [7, 11) is 0. The number of nitrogens with two attached hydrogens (primary N) is 1. The maximum Gasteiger partial charge on any atom is 0.425 e. The predicted molar refractivity (Wildman–Crippen MR) is 113 cm³/mol. The fraction of sp³-hybridized carbons (Fsp3) is 0.400. The number of nitrogens with zero attached hydrogens (tertiary/aromatic N) is 3. The zero-order valence-corrected chi connectivity index (χ0v) is 19.1. The van der Waals surface area contributed by atoms with Gasteiger partial charge in [0.15, 0.2) is 17.4 Å². The van der Waals surface area contributed by atoms with Crippen molar-refractivity contribution in [2.24, 2.45) is 0 Å². The van der Waals surface area contributed by atoms with Crippen LogP contribution in [0, 0.1) is 11.6 Å². The summed E-state index contributed by atoms with van der Waals surface area (Å²) < 4.78 is 43.6.